The van der Waals surface area contributed by atoms with Gasteiger partial charge in [-0.25, -0.2) is 4.68 Å². The van der Waals surface area contributed by atoms with Gasteiger partial charge in [0, 0.05) is 23.2 Å². The summed E-state index contributed by atoms with van der Waals surface area (Å²) >= 11 is 5.97. The molecule has 1 aromatic heterocycles. The van der Waals surface area contributed by atoms with Gasteiger partial charge in [0.2, 0.25) is 0 Å². The van der Waals surface area contributed by atoms with Crippen LogP contribution in [-0.4, -0.2) is 20.9 Å². The van der Waals surface area contributed by atoms with Crippen molar-refractivity contribution in [3.63, 3.8) is 0 Å². The van der Waals surface area contributed by atoms with E-state index in [0.717, 1.165) is 28.9 Å². The quantitative estimate of drug-likeness (QED) is 0.594. The Hall–Kier alpha value is -2.59. The summed E-state index contributed by atoms with van der Waals surface area (Å²) < 4.78 is 1.78. The van der Waals surface area contributed by atoms with E-state index >= 15 is 0 Å². The van der Waals surface area contributed by atoms with Crippen molar-refractivity contribution in [1.29, 1.82) is 0 Å². The third-order valence-electron chi connectivity index (χ3n) is 4.36. The van der Waals surface area contributed by atoms with E-state index in [9.17, 15) is 4.79 Å². The van der Waals surface area contributed by atoms with Gasteiger partial charge in [-0.3, -0.25) is 4.79 Å². The van der Waals surface area contributed by atoms with Crippen LogP contribution in [-0.2, 0) is 17.6 Å². The number of halogens is 1. The number of carboxylic acid groups (broad SMARTS) is 1. The van der Waals surface area contributed by atoms with Crippen LogP contribution in [0.5, 0.6) is 0 Å². The maximum atomic E-state index is 11.0. The van der Waals surface area contributed by atoms with Gasteiger partial charge in [-0.1, -0.05) is 49.7 Å². The minimum atomic E-state index is -0.813. The van der Waals surface area contributed by atoms with E-state index in [1.165, 1.54) is 5.56 Å². The van der Waals surface area contributed by atoms with E-state index in [4.69, 9.17) is 21.8 Å². The predicted molar refractivity (Wildman–Crippen MR) is 109 cm³/mol. The predicted octanol–water partition coefficient (Wildman–Crippen LogP) is 5.41. The molecule has 0 atom stereocenters. The Morgan fingerprint density at radius 3 is 2.37 bits per heavy atom. The highest BCUT2D eigenvalue weighted by Crippen LogP contribution is 2.26. The Kier molecular flexibility index (Phi) is 5.97. The van der Waals surface area contributed by atoms with Crippen LogP contribution in [0.2, 0.25) is 5.02 Å². The summed E-state index contributed by atoms with van der Waals surface area (Å²) in [7, 11) is 0. The standard InChI is InChI=1S/C22H23ClN2O2/c1-15(2)13-16-3-5-17(6-4-16)22-18(7-12-21(26)27)14-25(24-22)20-10-8-19(23)9-11-20/h3-6,8-11,14-15H,7,12-13H2,1-2H3,(H,26,27). The van der Waals surface area contributed by atoms with E-state index in [2.05, 4.69) is 38.1 Å². The van der Waals surface area contributed by atoms with Gasteiger partial charge in [0.15, 0.2) is 0 Å². The van der Waals surface area contributed by atoms with Crippen molar-refractivity contribution in [2.24, 2.45) is 5.92 Å². The zero-order chi connectivity index (χ0) is 19.4. The van der Waals surface area contributed by atoms with Crippen LogP contribution >= 0.6 is 11.6 Å². The fraction of sp³-hybridized carbons (Fsp3) is 0.273. The number of carboxylic acids is 1. The number of aliphatic carboxylic acids is 1. The SMILES string of the molecule is CC(C)Cc1ccc(-c2nn(-c3ccc(Cl)cc3)cc2CCC(=O)O)cc1. The molecule has 0 aliphatic heterocycles. The first-order valence-corrected chi connectivity index (χ1v) is 9.46. The van der Waals surface area contributed by atoms with Gasteiger partial charge in [0.25, 0.3) is 0 Å². The van der Waals surface area contributed by atoms with Gasteiger partial charge in [-0.2, -0.15) is 5.10 Å². The smallest absolute Gasteiger partial charge is 0.303 e. The normalized spacial score (nSPS) is 11.1. The lowest BCUT2D eigenvalue weighted by Crippen LogP contribution is -1.98. The minimum Gasteiger partial charge on any atom is -0.481 e. The van der Waals surface area contributed by atoms with E-state index in [-0.39, 0.29) is 6.42 Å². The van der Waals surface area contributed by atoms with Crippen LogP contribution in [0, 0.1) is 5.92 Å². The summed E-state index contributed by atoms with van der Waals surface area (Å²) in [5.41, 5.74) is 4.92. The van der Waals surface area contributed by atoms with Gasteiger partial charge in [0.1, 0.15) is 0 Å². The summed E-state index contributed by atoms with van der Waals surface area (Å²) in [6.45, 7) is 4.40. The second kappa shape index (κ2) is 8.40. The maximum Gasteiger partial charge on any atom is 0.303 e. The highest BCUT2D eigenvalue weighted by Gasteiger charge is 2.14. The number of hydrogen-bond acceptors (Lipinski definition) is 2. The molecule has 0 saturated carbocycles. The van der Waals surface area contributed by atoms with Crippen LogP contribution < -0.4 is 0 Å². The second-order valence-corrected chi connectivity index (χ2v) is 7.55. The molecule has 0 bridgehead atoms. The molecule has 0 amide bonds. The zero-order valence-corrected chi connectivity index (χ0v) is 16.3. The van der Waals surface area contributed by atoms with Gasteiger partial charge in [-0.15, -0.1) is 0 Å². The van der Waals surface area contributed by atoms with Crippen molar-refractivity contribution in [3.05, 3.63) is 70.9 Å². The topological polar surface area (TPSA) is 55.1 Å². The first kappa shape index (κ1) is 19.2. The molecule has 0 saturated heterocycles. The first-order valence-electron chi connectivity index (χ1n) is 9.08. The lowest BCUT2D eigenvalue weighted by atomic mass is 9.99. The van der Waals surface area contributed by atoms with Crippen molar-refractivity contribution < 1.29 is 9.90 Å². The molecule has 3 aromatic rings. The Morgan fingerprint density at radius 1 is 1.11 bits per heavy atom. The third kappa shape index (κ3) is 4.98. The molecule has 27 heavy (non-hydrogen) atoms. The number of rotatable bonds is 7. The molecule has 0 unspecified atom stereocenters. The van der Waals surface area contributed by atoms with Crippen LogP contribution in [0.1, 0.15) is 31.4 Å². The molecule has 0 aliphatic carbocycles. The van der Waals surface area contributed by atoms with Crippen LogP contribution in [0.15, 0.2) is 54.7 Å². The van der Waals surface area contributed by atoms with E-state index in [0.29, 0.717) is 17.4 Å². The Morgan fingerprint density at radius 2 is 1.78 bits per heavy atom. The lowest BCUT2D eigenvalue weighted by Gasteiger charge is -2.06. The van der Waals surface area contributed by atoms with Crippen molar-refractivity contribution in [2.75, 3.05) is 0 Å². The van der Waals surface area contributed by atoms with E-state index < -0.39 is 5.97 Å². The summed E-state index contributed by atoms with van der Waals surface area (Å²) in [5.74, 6) is -0.210. The van der Waals surface area contributed by atoms with Gasteiger partial charge in [0.05, 0.1) is 11.4 Å². The van der Waals surface area contributed by atoms with Gasteiger partial charge in [-0.05, 0) is 54.2 Å². The average Bonchev–Trinajstić information content (AvgIpc) is 3.05. The Bertz CT molecular complexity index is 912. The minimum absolute atomic E-state index is 0.0742. The fourth-order valence-corrected chi connectivity index (χ4v) is 3.20. The first-order chi connectivity index (χ1) is 12.9. The zero-order valence-electron chi connectivity index (χ0n) is 15.5. The second-order valence-electron chi connectivity index (χ2n) is 7.11. The van der Waals surface area contributed by atoms with Crippen molar-refractivity contribution in [1.82, 2.24) is 9.78 Å². The lowest BCUT2D eigenvalue weighted by molar-refractivity contribution is -0.136. The third-order valence-corrected chi connectivity index (χ3v) is 4.61. The molecule has 0 fully saturated rings. The molecule has 0 radical (unpaired) electrons. The fourth-order valence-electron chi connectivity index (χ4n) is 3.07. The number of hydrogen-bond donors (Lipinski definition) is 1. The monoisotopic (exact) mass is 382 g/mol. The molecule has 1 N–H and O–H groups in total. The summed E-state index contributed by atoms with van der Waals surface area (Å²) in [6.07, 6.45) is 3.45. The largest absolute Gasteiger partial charge is 0.481 e. The van der Waals surface area contributed by atoms with Crippen molar-refractivity contribution >= 4 is 17.6 Å². The van der Waals surface area contributed by atoms with Crippen molar-refractivity contribution in [2.45, 2.75) is 33.1 Å². The average molecular weight is 383 g/mol. The maximum absolute atomic E-state index is 11.0. The van der Waals surface area contributed by atoms with Crippen molar-refractivity contribution in [3.8, 4) is 16.9 Å². The molecule has 0 aliphatic rings. The Balaban J connectivity index is 1.96. The van der Waals surface area contributed by atoms with Gasteiger partial charge >= 0.3 is 5.97 Å². The molecular formula is C22H23ClN2O2. The number of aryl methyl sites for hydroxylation is 1. The molecular weight excluding hydrogens is 360 g/mol. The molecule has 5 heteroatoms. The molecule has 0 spiro atoms. The van der Waals surface area contributed by atoms with E-state index in [1.54, 1.807) is 4.68 Å². The molecule has 1 heterocycles. The summed E-state index contributed by atoms with van der Waals surface area (Å²) in [6, 6.07) is 15.8. The van der Waals surface area contributed by atoms with Crippen LogP contribution in [0.3, 0.4) is 0 Å². The molecule has 2 aromatic carbocycles. The molecule has 3 rings (SSSR count). The number of nitrogens with zero attached hydrogens (tertiary/aromatic N) is 2. The number of aromatic nitrogens is 2. The van der Waals surface area contributed by atoms with Gasteiger partial charge < -0.3 is 5.11 Å². The Labute approximate surface area is 164 Å². The summed E-state index contributed by atoms with van der Waals surface area (Å²) in [4.78, 5) is 11.0. The summed E-state index contributed by atoms with van der Waals surface area (Å²) in [5, 5.41) is 14.5. The van der Waals surface area contributed by atoms with Crippen LogP contribution in [0.4, 0.5) is 0 Å². The number of carbonyl (C=O) groups is 1. The highest BCUT2D eigenvalue weighted by atomic mass is 35.5. The highest BCUT2D eigenvalue weighted by molar-refractivity contribution is 6.30. The van der Waals surface area contributed by atoms with E-state index in [1.807, 2.05) is 30.5 Å². The molecule has 140 valence electrons. The molecule has 4 nitrogen and oxygen atoms in total. The van der Waals surface area contributed by atoms with Crippen LogP contribution in [0.25, 0.3) is 16.9 Å². The number of benzene rings is 2.